The van der Waals surface area contributed by atoms with Crippen LogP contribution in [0.5, 0.6) is 0 Å². The number of benzene rings is 1. The maximum absolute atomic E-state index is 11.9. The predicted molar refractivity (Wildman–Crippen MR) is 80.7 cm³/mol. The summed E-state index contributed by atoms with van der Waals surface area (Å²) in [6, 6.07) is 5.79. The average molecular weight is 266 g/mol. The molecule has 0 aromatic heterocycles. The van der Waals surface area contributed by atoms with Gasteiger partial charge in [0.05, 0.1) is 0 Å². The van der Waals surface area contributed by atoms with Crippen molar-refractivity contribution in [3.8, 4) is 0 Å². The molecule has 3 nitrogen and oxygen atoms in total. The number of aryl methyl sites for hydroxylation is 1. The Morgan fingerprint density at radius 2 is 2.11 bits per heavy atom. The molecule has 4 heteroatoms. The third-order valence-electron chi connectivity index (χ3n) is 2.65. The van der Waals surface area contributed by atoms with Gasteiger partial charge in [-0.25, -0.2) is 0 Å². The number of anilines is 1. The molecule has 0 radical (unpaired) electrons. The van der Waals surface area contributed by atoms with Crippen molar-refractivity contribution in [3.05, 3.63) is 29.3 Å². The molecule has 18 heavy (non-hydrogen) atoms. The van der Waals surface area contributed by atoms with Gasteiger partial charge in [-0.15, -0.1) is 0 Å². The molecular formula is C14H22N2OS. The molecule has 1 rings (SSSR count). The molecule has 0 spiro atoms. The number of hydrogen-bond donors (Lipinski definition) is 2. The highest BCUT2D eigenvalue weighted by Gasteiger charge is 2.06. The number of nitrogens with one attached hydrogen (secondary N) is 2. The van der Waals surface area contributed by atoms with E-state index in [0.717, 1.165) is 42.1 Å². The lowest BCUT2D eigenvalue weighted by atomic mass is 10.1. The Hall–Kier alpha value is -1.16. The Bertz CT molecular complexity index is 393. The fourth-order valence-electron chi connectivity index (χ4n) is 1.63. The quantitative estimate of drug-likeness (QED) is 0.746. The minimum absolute atomic E-state index is 0.00851. The Labute approximate surface area is 114 Å². The van der Waals surface area contributed by atoms with E-state index in [2.05, 4.69) is 17.6 Å². The lowest BCUT2D eigenvalue weighted by molar-refractivity contribution is 0.0956. The van der Waals surface area contributed by atoms with Crippen molar-refractivity contribution in [2.45, 2.75) is 20.3 Å². The van der Waals surface area contributed by atoms with Gasteiger partial charge in [0.25, 0.3) is 5.91 Å². The lowest BCUT2D eigenvalue weighted by Crippen LogP contribution is -2.25. The zero-order valence-corrected chi connectivity index (χ0v) is 12.2. The van der Waals surface area contributed by atoms with Gasteiger partial charge in [0.1, 0.15) is 0 Å². The molecule has 1 aromatic rings. The monoisotopic (exact) mass is 266 g/mol. The highest BCUT2D eigenvalue weighted by atomic mass is 32.2. The highest BCUT2D eigenvalue weighted by Crippen LogP contribution is 2.16. The molecule has 2 N–H and O–H groups in total. The van der Waals surface area contributed by atoms with Gasteiger partial charge in [-0.1, -0.05) is 6.92 Å². The molecule has 100 valence electrons. The maximum Gasteiger partial charge on any atom is 0.251 e. The molecule has 1 aromatic carbocycles. The molecule has 0 aliphatic heterocycles. The third-order valence-corrected chi connectivity index (χ3v) is 3.26. The smallest absolute Gasteiger partial charge is 0.251 e. The minimum atomic E-state index is 0.00851. The van der Waals surface area contributed by atoms with E-state index in [0.29, 0.717) is 0 Å². The van der Waals surface area contributed by atoms with E-state index in [-0.39, 0.29) is 5.91 Å². The van der Waals surface area contributed by atoms with E-state index in [1.54, 1.807) is 11.8 Å². The largest absolute Gasteiger partial charge is 0.385 e. The van der Waals surface area contributed by atoms with Gasteiger partial charge in [0.15, 0.2) is 0 Å². The van der Waals surface area contributed by atoms with Crippen LogP contribution < -0.4 is 10.6 Å². The summed E-state index contributed by atoms with van der Waals surface area (Å²) in [5.74, 6) is 0.954. The third kappa shape index (κ3) is 4.61. The summed E-state index contributed by atoms with van der Waals surface area (Å²) in [5.41, 5.74) is 2.95. The normalized spacial score (nSPS) is 10.2. The fourth-order valence-corrected chi connectivity index (χ4v) is 1.94. The van der Waals surface area contributed by atoms with Crippen LogP contribution in [0.15, 0.2) is 18.2 Å². The predicted octanol–water partition coefficient (Wildman–Crippen LogP) is 2.91. The molecule has 0 atom stereocenters. The Kier molecular flexibility index (Phi) is 6.65. The average Bonchev–Trinajstić information content (AvgIpc) is 2.37. The minimum Gasteiger partial charge on any atom is -0.385 e. The lowest BCUT2D eigenvalue weighted by Gasteiger charge is -2.10. The molecule has 0 saturated heterocycles. The Morgan fingerprint density at radius 3 is 2.72 bits per heavy atom. The van der Waals surface area contributed by atoms with Crippen molar-refractivity contribution in [2.24, 2.45) is 0 Å². The summed E-state index contributed by atoms with van der Waals surface area (Å²) >= 11 is 1.73. The van der Waals surface area contributed by atoms with E-state index in [1.807, 2.05) is 31.4 Å². The van der Waals surface area contributed by atoms with E-state index < -0.39 is 0 Å². The highest BCUT2D eigenvalue weighted by molar-refractivity contribution is 7.98. The van der Waals surface area contributed by atoms with Crippen molar-refractivity contribution in [1.82, 2.24) is 5.32 Å². The molecule has 0 aliphatic carbocycles. The number of amides is 1. The molecule has 0 heterocycles. The first-order valence-electron chi connectivity index (χ1n) is 6.30. The second-order valence-corrected chi connectivity index (χ2v) is 5.19. The van der Waals surface area contributed by atoms with Crippen molar-refractivity contribution in [3.63, 3.8) is 0 Å². The summed E-state index contributed by atoms with van der Waals surface area (Å²) in [6.07, 6.45) is 3.13. The van der Waals surface area contributed by atoms with Gasteiger partial charge in [0.2, 0.25) is 0 Å². The van der Waals surface area contributed by atoms with Crippen LogP contribution in [0.4, 0.5) is 5.69 Å². The summed E-state index contributed by atoms with van der Waals surface area (Å²) in [5, 5.41) is 6.26. The van der Waals surface area contributed by atoms with Crippen LogP contribution in [-0.2, 0) is 0 Å². The molecular weight excluding hydrogens is 244 g/mol. The SMILES string of the molecule is CCCNc1ccc(C(=O)NCCSC)cc1C. The maximum atomic E-state index is 11.9. The number of rotatable bonds is 7. The van der Waals surface area contributed by atoms with Crippen LogP contribution >= 0.6 is 11.8 Å². The van der Waals surface area contributed by atoms with Crippen LogP contribution in [-0.4, -0.2) is 31.0 Å². The molecule has 0 saturated carbocycles. The number of carbonyl (C=O) groups is 1. The van der Waals surface area contributed by atoms with Crippen LogP contribution in [0.3, 0.4) is 0 Å². The summed E-state index contributed by atoms with van der Waals surface area (Å²) in [7, 11) is 0. The van der Waals surface area contributed by atoms with Gasteiger partial charge in [-0.05, 0) is 43.4 Å². The van der Waals surface area contributed by atoms with E-state index >= 15 is 0 Å². The van der Waals surface area contributed by atoms with Gasteiger partial charge >= 0.3 is 0 Å². The Balaban J connectivity index is 2.62. The van der Waals surface area contributed by atoms with Crippen LogP contribution in [0.25, 0.3) is 0 Å². The Morgan fingerprint density at radius 1 is 1.33 bits per heavy atom. The molecule has 0 aliphatic rings. The van der Waals surface area contributed by atoms with Gasteiger partial charge in [0, 0.05) is 30.1 Å². The molecule has 0 bridgehead atoms. The zero-order chi connectivity index (χ0) is 13.4. The van der Waals surface area contributed by atoms with E-state index in [4.69, 9.17) is 0 Å². The number of thioether (sulfide) groups is 1. The second-order valence-electron chi connectivity index (χ2n) is 4.21. The molecule has 0 unspecified atom stereocenters. The van der Waals surface area contributed by atoms with Gasteiger partial charge in [-0.3, -0.25) is 4.79 Å². The van der Waals surface area contributed by atoms with Gasteiger partial charge in [-0.2, -0.15) is 11.8 Å². The number of carbonyl (C=O) groups excluding carboxylic acids is 1. The summed E-state index contributed by atoms with van der Waals surface area (Å²) in [4.78, 5) is 11.9. The van der Waals surface area contributed by atoms with Crippen molar-refractivity contribution >= 4 is 23.4 Å². The second kappa shape index (κ2) is 8.03. The number of hydrogen-bond acceptors (Lipinski definition) is 3. The first-order valence-corrected chi connectivity index (χ1v) is 7.70. The van der Waals surface area contributed by atoms with Crippen molar-refractivity contribution in [1.29, 1.82) is 0 Å². The van der Waals surface area contributed by atoms with Crippen LogP contribution in [0.1, 0.15) is 29.3 Å². The summed E-state index contributed by atoms with van der Waals surface area (Å²) in [6.45, 7) is 5.83. The zero-order valence-electron chi connectivity index (χ0n) is 11.4. The standard InChI is InChI=1S/C14H22N2OS/c1-4-7-15-13-6-5-12(10-11(13)2)14(17)16-8-9-18-3/h5-6,10,15H,4,7-9H2,1-3H3,(H,16,17). The van der Waals surface area contributed by atoms with Crippen molar-refractivity contribution in [2.75, 3.05) is 30.4 Å². The summed E-state index contributed by atoms with van der Waals surface area (Å²) < 4.78 is 0. The molecule has 1 amide bonds. The first kappa shape index (κ1) is 14.9. The molecule has 0 fully saturated rings. The van der Waals surface area contributed by atoms with E-state index in [9.17, 15) is 4.79 Å². The first-order chi connectivity index (χ1) is 8.69. The topological polar surface area (TPSA) is 41.1 Å². The van der Waals surface area contributed by atoms with Crippen LogP contribution in [0, 0.1) is 6.92 Å². The fraction of sp³-hybridized carbons (Fsp3) is 0.500. The van der Waals surface area contributed by atoms with E-state index in [1.165, 1.54) is 0 Å². The van der Waals surface area contributed by atoms with Crippen molar-refractivity contribution < 1.29 is 4.79 Å². The van der Waals surface area contributed by atoms with Gasteiger partial charge < -0.3 is 10.6 Å². The van der Waals surface area contributed by atoms with Crippen LogP contribution in [0.2, 0.25) is 0 Å².